The lowest BCUT2D eigenvalue weighted by atomic mass is 9.89. The minimum absolute atomic E-state index is 0.0345. The van der Waals surface area contributed by atoms with Crippen LogP contribution in [0, 0.1) is 13.8 Å². The second kappa shape index (κ2) is 6.16. The minimum atomic E-state index is -0.0848. The fraction of sp³-hybridized carbons (Fsp3) is 0.333. The minimum Gasteiger partial charge on any atom is -0.361 e. The molecule has 3 aromatic rings. The Morgan fingerprint density at radius 3 is 2.52 bits per heavy atom. The van der Waals surface area contributed by atoms with Gasteiger partial charge in [0.25, 0.3) is 5.91 Å². The SMILES string of the molecule is Cc1noc(C2CN(C(=O)c3cnoc3C)CC2c2ccccc2)n1. The summed E-state index contributed by atoms with van der Waals surface area (Å²) in [5.41, 5.74) is 1.65. The Morgan fingerprint density at radius 1 is 1.12 bits per heavy atom. The van der Waals surface area contributed by atoms with Crippen molar-refractivity contribution in [1.29, 1.82) is 0 Å². The van der Waals surface area contributed by atoms with Gasteiger partial charge in [0.05, 0.1) is 12.1 Å². The van der Waals surface area contributed by atoms with Crippen molar-refractivity contribution < 1.29 is 13.8 Å². The molecule has 1 aromatic carbocycles. The smallest absolute Gasteiger partial charge is 0.259 e. The van der Waals surface area contributed by atoms with Crippen LogP contribution in [0.5, 0.6) is 0 Å². The van der Waals surface area contributed by atoms with Crippen LogP contribution in [-0.4, -0.2) is 39.2 Å². The van der Waals surface area contributed by atoms with E-state index in [9.17, 15) is 4.79 Å². The van der Waals surface area contributed by atoms with E-state index in [1.807, 2.05) is 18.2 Å². The fourth-order valence-corrected chi connectivity index (χ4v) is 3.40. The van der Waals surface area contributed by atoms with Crippen LogP contribution in [0.4, 0.5) is 0 Å². The van der Waals surface area contributed by atoms with Crippen molar-refractivity contribution in [3.8, 4) is 0 Å². The Balaban J connectivity index is 1.67. The van der Waals surface area contributed by atoms with Crippen LogP contribution in [0.2, 0.25) is 0 Å². The maximum absolute atomic E-state index is 12.8. The number of likely N-dealkylation sites (tertiary alicyclic amines) is 1. The van der Waals surface area contributed by atoms with Crippen LogP contribution in [0.25, 0.3) is 0 Å². The number of amides is 1. The van der Waals surface area contributed by atoms with Crippen molar-refractivity contribution in [3.63, 3.8) is 0 Å². The van der Waals surface area contributed by atoms with Crippen LogP contribution in [0.3, 0.4) is 0 Å². The number of benzene rings is 1. The molecule has 7 nitrogen and oxygen atoms in total. The number of carbonyl (C=O) groups is 1. The Bertz CT molecular complexity index is 887. The molecule has 1 saturated heterocycles. The van der Waals surface area contributed by atoms with Gasteiger partial charge in [-0.3, -0.25) is 4.79 Å². The summed E-state index contributed by atoms with van der Waals surface area (Å²) in [5.74, 6) is 1.68. The average molecular weight is 338 g/mol. The standard InChI is InChI=1S/C18H18N4O3/c1-11-14(8-19-24-11)18(23)22-9-15(13-6-4-3-5-7-13)16(10-22)17-20-12(2)21-25-17/h3-8,15-16H,9-10H2,1-2H3. The molecule has 1 amide bonds. The van der Waals surface area contributed by atoms with Gasteiger partial charge in [-0.2, -0.15) is 4.98 Å². The molecular formula is C18H18N4O3. The van der Waals surface area contributed by atoms with E-state index in [0.29, 0.717) is 36.1 Å². The average Bonchev–Trinajstić information content (AvgIpc) is 3.34. The van der Waals surface area contributed by atoms with Gasteiger partial charge >= 0.3 is 0 Å². The Hall–Kier alpha value is -2.96. The van der Waals surface area contributed by atoms with Crippen molar-refractivity contribution in [2.75, 3.05) is 13.1 Å². The third kappa shape index (κ3) is 2.82. The van der Waals surface area contributed by atoms with Gasteiger partial charge in [-0.05, 0) is 19.4 Å². The molecule has 25 heavy (non-hydrogen) atoms. The molecule has 7 heteroatoms. The molecule has 0 bridgehead atoms. The Labute approximate surface area is 144 Å². The van der Waals surface area contributed by atoms with E-state index in [2.05, 4.69) is 27.4 Å². The molecule has 0 spiro atoms. The molecule has 1 aliphatic rings. The van der Waals surface area contributed by atoms with Gasteiger partial charge in [-0.25, -0.2) is 0 Å². The molecule has 0 saturated carbocycles. The summed E-state index contributed by atoms with van der Waals surface area (Å²) in [6.07, 6.45) is 1.47. The highest BCUT2D eigenvalue weighted by molar-refractivity contribution is 5.95. The van der Waals surface area contributed by atoms with Gasteiger partial charge in [0.15, 0.2) is 5.82 Å². The second-order valence-corrected chi connectivity index (χ2v) is 6.31. The molecule has 2 unspecified atom stereocenters. The largest absolute Gasteiger partial charge is 0.361 e. The first-order valence-electron chi connectivity index (χ1n) is 8.19. The number of nitrogens with zero attached hydrogens (tertiary/aromatic N) is 4. The van der Waals surface area contributed by atoms with E-state index < -0.39 is 0 Å². The number of hydrogen-bond donors (Lipinski definition) is 0. The zero-order valence-electron chi connectivity index (χ0n) is 14.0. The molecule has 0 aliphatic carbocycles. The number of aromatic nitrogens is 3. The predicted molar refractivity (Wildman–Crippen MR) is 88.1 cm³/mol. The molecule has 128 valence electrons. The van der Waals surface area contributed by atoms with Crippen molar-refractivity contribution in [1.82, 2.24) is 20.2 Å². The van der Waals surface area contributed by atoms with Crippen LogP contribution >= 0.6 is 0 Å². The first-order valence-corrected chi connectivity index (χ1v) is 8.19. The van der Waals surface area contributed by atoms with Gasteiger partial charge in [-0.1, -0.05) is 40.6 Å². The highest BCUT2D eigenvalue weighted by Gasteiger charge is 2.40. The maximum Gasteiger partial charge on any atom is 0.259 e. The zero-order chi connectivity index (χ0) is 17.4. The van der Waals surface area contributed by atoms with Gasteiger partial charge in [0.1, 0.15) is 11.3 Å². The summed E-state index contributed by atoms with van der Waals surface area (Å²) in [4.78, 5) is 19.0. The molecule has 3 heterocycles. The second-order valence-electron chi connectivity index (χ2n) is 6.31. The third-order valence-electron chi connectivity index (χ3n) is 4.68. The quantitative estimate of drug-likeness (QED) is 0.730. The predicted octanol–water partition coefficient (Wildman–Crippen LogP) is 2.70. The monoisotopic (exact) mass is 338 g/mol. The lowest BCUT2D eigenvalue weighted by molar-refractivity contribution is 0.0786. The van der Waals surface area contributed by atoms with Gasteiger partial charge < -0.3 is 13.9 Å². The normalized spacial score (nSPS) is 20.2. The van der Waals surface area contributed by atoms with Crippen molar-refractivity contribution in [2.45, 2.75) is 25.7 Å². The van der Waals surface area contributed by atoms with E-state index in [1.165, 1.54) is 6.20 Å². The molecule has 0 radical (unpaired) electrons. The lowest BCUT2D eigenvalue weighted by Crippen LogP contribution is -2.29. The molecule has 1 aliphatic heterocycles. The van der Waals surface area contributed by atoms with Crippen LogP contribution < -0.4 is 0 Å². The number of hydrogen-bond acceptors (Lipinski definition) is 6. The topological polar surface area (TPSA) is 85.3 Å². The first-order chi connectivity index (χ1) is 12.1. The third-order valence-corrected chi connectivity index (χ3v) is 4.68. The number of aryl methyl sites for hydroxylation is 2. The number of carbonyl (C=O) groups excluding carboxylic acids is 1. The molecular weight excluding hydrogens is 320 g/mol. The van der Waals surface area contributed by atoms with Gasteiger partial charge in [0.2, 0.25) is 5.89 Å². The molecule has 2 aromatic heterocycles. The Kier molecular flexibility index (Phi) is 3.83. The molecule has 2 atom stereocenters. The molecule has 4 rings (SSSR count). The lowest BCUT2D eigenvalue weighted by Gasteiger charge is -2.16. The van der Waals surface area contributed by atoms with Crippen molar-refractivity contribution >= 4 is 5.91 Å². The first kappa shape index (κ1) is 15.6. The van der Waals surface area contributed by atoms with Crippen LogP contribution in [0.15, 0.2) is 45.6 Å². The zero-order valence-corrected chi connectivity index (χ0v) is 14.0. The van der Waals surface area contributed by atoms with Crippen molar-refractivity contribution in [3.05, 3.63) is 65.1 Å². The highest BCUT2D eigenvalue weighted by atomic mass is 16.5. The van der Waals surface area contributed by atoms with E-state index >= 15 is 0 Å². The summed E-state index contributed by atoms with van der Waals surface area (Å²) < 4.78 is 10.4. The van der Waals surface area contributed by atoms with Gasteiger partial charge in [0, 0.05) is 19.0 Å². The van der Waals surface area contributed by atoms with E-state index in [4.69, 9.17) is 9.05 Å². The summed E-state index contributed by atoms with van der Waals surface area (Å²) >= 11 is 0. The summed E-state index contributed by atoms with van der Waals surface area (Å²) in [5, 5.41) is 7.62. The summed E-state index contributed by atoms with van der Waals surface area (Å²) in [6.45, 7) is 4.64. The van der Waals surface area contributed by atoms with Crippen LogP contribution in [0.1, 0.15) is 45.2 Å². The van der Waals surface area contributed by atoms with Gasteiger partial charge in [-0.15, -0.1) is 0 Å². The summed E-state index contributed by atoms with van der Waals surface area (Å²) in [6, 6.07) is 10.1. The van der Waals surface area contributed by atoms with E-state index in [-0.39, 0.29) is 17.7 Å². The van der Waals surface area contributed by atoms with Crippen LogP contribution in [-0.2, 0) is 0 Å². The maximum atomic E-state index is 12.8. The Morgan fingerprint density at radius 2 is 1.88 bits per heavy atom. The number of rotatable bonds is 3. The fourth-order valence-electron chi connectivity index (χ4n) is 3.40. The van der Waals surface area contributed by atoms with Crippen molar-refractivity contribution in [2.24, 2.45) is 0 Å². The molecule has 0 N–H and O–H groups in total. The van der Waals surface area contributed by atoms with E-state index in [0.717, 1.165) is 5.56 Å². The summed E-state index contributed by atoms with van der Waals surface area (Å²) in [7, 11) is 0. The highest BCUT2D eigenvalue weighted by Crippen LogP contribution is 2.39. The molecule has 1 fully saturated rings. The van der Waals surface area contributed by atoms with E-state index in [1.54, 1.807) is 18.7 Å².